The third-order valence-electron chi connectivity index (χ3n) is 4.07. The maximum Gasteiger partial charge on any atom is 0.251 e. The van der Waals surface area contributed by atoms with Crippen LogP contribution in [0, 0.1) is 0 Å². The van der Waals surface area contributed by atoms with Crippen LogP contribution in [0.2, 0.25) is 0 Å². The van der Waals surface area contributed by atoms with E-state index in [0.29, 0.717) is 22.3 Å². The fourth-order valence-corrected chi connectivity index (χ4v) is 2.70. The Hall–Kier alpha value is -3.28. The van der Waals surface area contributed by atoms with Gasteiger partial charge in [-0.15, -0.1) is 0 Å². The second-order valence-corrected chi connectivity index (χ2v) is 5.79. The second kappa shape index (κ2) is 7.74. The molecule has 0 bridgehead atoms. The van der Waals surface area contributed by atoms with E-state index in [1.165, 1.54) is 27.9 Å². The van der Waals surface area contributed by atoms with Crippen LogP contribution < -0.4 is 10.6 Å². The first-order chi connectivity index (χ1) is 12.3. The molecule has 2 amide bonds. The molecule has 0 radical (unpaired) electrons. The fourth-order valence-electron chi connectivity index (χ4n) is 2.70. The topological polar surface area (TPSA) is 92.3 Å². The van der Waals surface area contributed by atoms with Crippen molar-refractivity contribution in [1.82, 2.24) is 10.6 Å². The monoisotopic (exact) mass is 352 g/mol. The van der Waals surface area contributed by atoms with Crippen LogP contribution in [0.1, 0.15) is 55.3 Å². The molecule has 134 valence electrons. The quantitative estimate of drug-likeness (QED) is 0.809. The number of Topliss-reactive ketones (excluding diaryl/α,β-unsaturated/α-hetero) is 2. The van der Waals surface area contributed by atoms with Crippen molar-refractivity contribution in [2.24, 2.45) is 0 Å². The van der Waals surface area contributed by atoms with E-state index in [2.05, 4.69) is 10.6 Å². The summed E-state index contributed by atoms with van der Waals surface area (Å²) in [4.78, 5) is 47.7. The van der Waals surface area contributed by atoms with E-state index in [4.69, 9.17) is 0 Å². The molecule has 0 aliphatic carbocycles. The van der Waals surface area contributed by atoms with Gasteiger partial charge >= 0.3 is 0 Å². The molecule has 0 aromatic heterocycles. The Balaban J connectivity index is 2.61. The van der Waals surface area contributed by atoms with Gasteiger partial charge in [-0.25, -0.2) is 0 Å². The molecule has 0 heterocycles. The maximum absolute atomic E-state index is 11.9. The van der Waals surface area contributed by atoms with Crippen molar-refractivity contribution in [2.75, 3.05) is 14.1 Å². The minimum absolute atomic E-state index is 0.237. The fraction of sp³-hybridized carbons (Fsp3) is 0.200. The smallest absolute Gasteiger partial charge is 0.251 e. The molecule has 2 N–H and O–H groups in total. The van der Waals surface area contributed by atoms with Gasteiger partial charge in [0.2, 0.25) is 0 Å². The average molecular weight is 352 g/mol. The molecule has 0 aliphatic rings. The van der Waals surface area contributed by atoms with Crippen molar-refractivity contribution < 1.29 is 19.2 Å². The highest BCUT2D eigenvalue weighted by atomic mass is 16.2. The minimum Gasteiger partial charge on any atom is -0.355 e. The summed E-state index contributed by atoms with van der Waals surface area (Å²) in [6, 6.07) is 9.79. The lowest BCUT2D eigenvalue weighted by Crippen LogP contribution is -2.21. The van der Waals surface area contributed by atoms with Gasteiger partial charge in [0.1, 0.15) is 0 Å². The molecule has 0 spiro atoms. The van der Waals surface area contributed by atoms with Crippen LogP contribution in [0.3, 0.4) is 0 Å². The number of carbonyl (C=O) groups is 4. The maximum atomic E-state index is 11.9. The molecule has 0 saturated heterocycles. The Morgan fingerprint density at radius 2 is 0.962 bits per heavy atom. The Morgan fingerprint density at radius 3 is 1.23 bits per heavy atom. The SMILES string of the molecule is CNC(=O)c1ccc(-c2ccc(C(=O)NC)c(C(C)=O)c2)cc1C(C)=O. The van der Waals surface area contributed by atoms with Crippen molar-refractivity contribution >= 4 is 23.4 Å². The number of hydrogen-bond acceptors (Lipinski definition) is 4. The van der Waals surface area contributed by atoms with Gasteiger partial charge in [0.25, 0.3) is 11.8 Å². The molecule has 2 aromatic carbocycles. The van der Waals surface area contributed by atoms with Gasteiger partial charge in [-0.2, -0.15) is 0 Å². The molecular weight excluding hydrogens is 332 g/mol. The van der Waals surface area contributed by atoms with Crippen molar-refractivity contribution in [3.05, 3.63) is 58.7 Å². The largest absolute Gasteiger partial charge is 0.355 e. The number of hydrogen-bond donors (Lipinski definition) is 2. The summed E-state index contributed by atoms with van der Waals surface area (Å²) in [5.74, 6) is -1.17. The number of amides is 2. The zero-order valence-corrected chi connectivity index (χ0v) is 15.1. The van der Waals surface area contributed by atoms with Crippen molar-refractivity contribution in [3.63, 3.8) is 0 Å². The number of carbonyl (C=O) groups excluding carboxylic acids is 4. The Morgan fingerprint density at radius 1 is 0.615 bits per heavy atom. The standard InChI is InChI=1S/C20H20N2O4/c1-11(23)17-9-13(5-7-15(17)19(25)21-3)14-6-8-16(20(26)22-4)18(10-14)12(2)24/h5-10H,1-4H3,(H,21,25)(H,22,26). The first-order valence-corrected chi connectivity index (χ1v) is 8.04. The van der Waals surface area contributed by atoms with Gasteiger partial charge in [-0.3, -0.25) is 19.2 Å². The van der Waals surface area contributed by atoms with Crippen molar-refractivity contribution in [2.45, 2.75) is 13.8 Å². The molecule has 0 atom stereocenters. The van der Waals surface area contributed by atoms with Crippen LogP contribution in [-0.2, 0) is 0 Å². The lowest BCUT2D eigenvalue weighted by Gasteiger charge is -2.12. The van der Waals surface area contributed by atoms with E-state index in [-0.39, 0.29) is 34.5 Å². The third kappa shape index (κ3) is 3.69. The van der Waals surface area contributed by atoms with Crippen LogP contribution in [0.4, 0.5) is 0 Å². The van der Waals surface area contributed by atoms with E-state index in [9.17, 15) is 19.2 Å². The summed E-state index contributed by atoms with van der Waals surface area (Å²) in [5, 5.41) is 5.01. The van der Waals surface area contributed by atoms with Crippen molar-refractivity contribution in [1.29, 1.82) is 0 Å². The number of nitrogens with one attached hydrogen (secondary N) is 2. The Labute approximate surface area is 151 Å². The molecular formula is C20H20N2O4. The number of benzene rings is 2. The number of ketones is 2. The molecule has 0 saturated carbocycles. The van der Waals surface area contributed by atoms with Gasteiger partial charge in [-0.1, -0.05) is 12.1 Å². The number of rotatable bonds is 5. The highest BCUT2D eigenvalue weighted by molar-refractivity contribution is 6.09. The zero-order valence-electron chi connectivity index (χ0n) is 15.1. The average Bonchev–Trinajstić information content (AvgIpc) is 2.65. The van der Waals surface area contributed by atoms with Crippen LogP contribution in [0.5, 0.6) is 0 Å². The molecule has 6 nitrogen and oxygen atoms in total. The Kier molecular flexibility index (Phi) is 5.67. The molecule has 0 unspecified atom stereocenters. The van der Waals surface area contributed by atoms with Gasteiger partial charge in [-0.05, 0) is 49.2 Å². The van der Waals surface area contributed by atoms with E-state index in [1.54, 1.807) is 36.4 Å². The summed E-state index contributed by atoms with van der Waals surface area (Å²) < 4.78 is 0. The van der Waals surface area contributed by atoms with E-state index < -0.39 is 0 Å². The summed E-state index contributed by atoms with van der Waals surface area (Å²) in [6.45, 7) is 2.78. The summed E-state index contributed by atoms with van der Waals surface area (Å²) >= 11 is 0. The summed E-state index contributed by atoms with van der Waals surface area (Å²) in [5.41, 5.74) is 2.51. The van der Waals surface area contributed by atoms with Crippen LogP contribution >= 0.6 is 0 Å². The van der Waals surface area contributed by atoms with Crippen LogP contribution in [0.15, 0.2) is 36.4 Å². The summed E-state index contributed by atoms with van der Waals surface area (Å²) in [6.07, 6.45) is 0. The van der Waals surface area contributed by atoms with Gasteiger partial charge < -0.3 is 10.6 Å². The first-order valence-electron chi connectivity index (χ1n) is 8.04. The van der Waals surface area contributed by atoms with Gasteiger partial charge in [0, 0.05) is 25.2 Å². The highest BCUT2D eigenvalue weighted by Gasteiger charge is 2.17. The first kappa shape index (κ1) is 19.1. The Bertz CT molecular complexity index is 841. The predicted molar refractivity (Wildman–Crippen MR) is 98.7 cm³/mol. The van der Waals surface area contributed by atoms with Gasteiger partial charge in [0.15, 0.2) is 11.6 Å². The van der Waals surface area contributed by atoms with Crippen LogP contribution in [0.25, 0.3) is 11.1 Å². The molecule has 2 rings (SSSR count). The van der Waals surface area contributed by atoms with Crippen molar-refractivity contribution in [3.8, 4) is 11.1 Å². The molecule has 0 aliphatic heterocycles. The van der Waals surface area contributed by atoms with E-state index >= 15 is 0 Å². The lowest BCUT2D eigenvalue weighted by atomic mass is 9.93. The van der Waals surface area contributed by atoms with Gasteiger partial charge in [0.05, 0.1) is 11.1 Å². The molecule has 6 heteroatoms. The van der Waals surface area contributed by atoms with Crippen LogP contribution in [-0.4, -0.2) is 37.5 Å². The predicted octanol–water partition coefficient (Wildman–Crippen LogP) is 2.48. The molecule has 0 fully saturated rings. The third-order valence-corrected chi connectivity index (χ3v) is 4.07. The summed E-state index contributed by atoms with van der Waals surface area (Å²) in [7, 11) is 2.99. The second-order valence-electron chi connectivity index (χ2n) is 5.79. The highest BCUT2D eigenvalue weighted by Crippen LogP contribution is 2.26. The van der Waals surface area contributed by atoms with E-state index in [1.807, 2.05) is 0 Å². The minimum atomic E-state index is -0.346. The molecule has 2 aromatic rings. The molecule has 26 heavy (non-hydrogen) atoms. The zero-order chi connectivity index (χ0) is 19.4. The lowest BCUT2D eigenvalue weighted by molar-refractivity contribution is 0.0944. The normalized spacial score (nSPS) is 10.2. The van der Waals surface area contributed by atoms with E-state index in [0.717, 1.165) is 0 Å².